The second kappa shape index (κ2) is 12.5. The predicted molar refractivity (Wildman–Crippen MR) is 109 cm³/mol. The van der Waals surface area contributed by atoms with Gasteiger partial charge in [0.15, 0.2) is 0 Å². The van der Waals surface area contributed by atoms with Crippen LogP contribution in [0.4, 0.5) is 4.79 Å². The van der Waals surface area contributed by atoms with Gasteiger partial charge in [-0.25, -0.2) is 4.79 Å². The third-order valence-electron chi connectivity index (χ3n) is 4.29. The lowest BCUT2D eigenvalue weighted by atomic mass is 10.2. The average molecular weight is 400 g/mol. The molecule has 0 heterocycles. The molecule has 0 aromatic heterocycles. The smallest absolute Gasteiger partial charge is 0.410 e. The van der Waals surface area contributed by atoms with E-state index >= 15 is 0 Å². The Balaban J connectivity index is 1.79. The molecule has 0 aliphatic carbocycles. The Morgan fingerprint density at radius 3 is 2.00 bits per heavy atom. The number of rotatable bonds is 11. The molecule has 2 rings (SSSR count). The number of nitrogens with two attached hydrogens (primary N) is 1. The first kappa shape index (κ1) is 22.4. The highest BCUT2D eigenvalue weighted by molar-refractivity contribution is 5.75. The van der Waals surface area contributed by atoms with Crippen LogP contribution >= 0.6 is 0 Å². The zero-order valence-electron chi connectivity index (χ0n) is 16.4. The van der Waals surface area contributed by atoms with Gasteiger partial charge in [0.1, 0.15) is 19.3 Å². The molecule has 0 fully saturated rings. The third kappa shape index (κ3) is 8.33. The molecule has 1 amide bonds. The largest absolute Gasteiger partial charge is 0.460 e. The molecule has 156 valence electrons. The molecule has 29 heavy (non-hydrogen) atoms. The molecule has 0 bridgehead atoms. The van der Waals surface area contributed by atoms with Gasteiger partial charge in [0.25, 0.3) is 0 Å². The molecule has 0 aliphatic heterocycles. The lowest BCUT2D eigenvalue weighted by Gasteiger charge is -2.23. The van der Waals surface area contributed by atoms with Crippen molar-refractivity contribution >= 4 is 12.1 Å². The Hall–Kier alpha value is -2.90. The fraction of sp³-hybridized carbons (Fsp3) is 0.364. The molecule has 0 aliphatic rings. The number of benzene rings is 2. The molecule has 0 spiro atoms. The topological polar surface area (TPSA) is 102 Å². The summed E-state index contributed by atoms with van der Waals surface area (Å²) < 4.78 is 10.6. The highest BCUT2D eigenvalue weighted by atomic mass is 16.6. The van der Waals surface area contributed by atoms with E-state index in [1.54, 1.807) is 0 Å². The maximum Gasteiger partial charge on any atom is 0.410 e. The van der Waals surface area contributed by atoms with Crippen molar-refractivity contribution in [2.45, 2.75) is 32.1 Å². The zero-order chi connectivity index (χ0) is 20.9. The van der Waals surface area contributed by atoms with Crippen molar-refractivity contribution in [3.63, 3.8) is 0 Å². The minimum absolute atomic E-state index is 0.0480. The summed E-state index contributed by atoms with van der Waals surface area (Å²) in [6, 6.07) is 17.8. The van der Waals surface area contributed by atoms with Crippen LogP contribution in [0.5, 0.6) is 0 Å². The number of amides is 1. The maximum atomic E-state index is 12.4. The van der Waals surface area contributed by atoms with Crippen LogP contribution in [0.2, 0.25) is 0 Å². The lowest BCUT2D eigenvalue weighted by molar-refractivity contribution is -0.146. The number of carbonyl (C=O) groups is 2. The molecule has 3 N–H and O–H groups in total. The molecular formula is C22H28N2O5. The van der Waals surface area contributed by atoms with Crippen LogP contribution in [0.3, 0.4) is 0 Å². The molecule has 7 nitrogen and oxygen atoms in total. The zero-order valence-corrected chi connectivity index (χ0v) is 16.4. The van der Waals surface area contributed by atoms with Crippen LogP contribution in [0.25, 0.3) is 0 Å². The van der Waals surface area contributed by atoms with Crippen LogP contribution in [-0.2, 0) is 27.5 Å². The summed E-state index contributed by atoms with van der Waals surface area (Å²) in [5.41, 5.74) is 7.68. The van der Waals surface area contributed by atoms with Gasteiger partial charge in [-0.1, -0.05) is 60.7 Å². The molecule has 1 atom stereocenters. The number of ether oxygens (including phenoxy) is 2. The Kier molecular flexibility index (Phi) is 9.68. The van der Waals surface area contributed by atoms with E-state index in [2.05, 4.69) is 0 Å². The minimum Gasteiger partial charge on any atom is -0.460 e. The fourth-order valence-corrected chi connectivity index (χ4v) is 2.62. The molecule has 2 aromatic carbocycles. The van der Waals surface area contributed by atoms with Gasteiger partial charge in [0.2, 0.25) is 0 Å². The van der Waals surface area contributed by atoms with Gasteiger partial charge in [-0.2, -0.15) is 0 Å². The van der Waals surface area contributed by atoms with E-state index in [0.29, 0.717) is 13.0 Å². The molecule has 0 saturated carbocycles. The first-order valence-electron chi connectivity index (χ1n) is 9.62. The Morgan fingerprint density at radius 2 is 1.45 bits per heavy atom. The number of hydrogen-bond donors (Lipinski definition) is 2. The lowest BCUT2D eigenvalue weighted by Crippen LogP contribution is -2.39. The third-order valence-corrected chi connectivity index (χ3v) is 4.29. The van der Waals surface area contributed by atoms with E-state index < -0.39 is 18.1 Å². The van der Waals surface area contributed by atoms with Crippen molar-refractivity contribution in [1.82, 2.24) is 4.90 Å². The number of aliphatic hydroxyl groups is 1. The van der Waals surface area contributed by atoms with Gasteiger partial charge in [0.05, 0.1) is 0 Å². The Labute approximate surface area is 171 Å². The summed E-state index contributed by atoms with van der Waals surface area (Å²) in [7, 11) is 0. The minimum atomic E-state index is -0.850. The van der Waals surface area contributed by atoms with Crippen LogP contribution < -0.4 is 5.73 Å². The van der Waals surface area contributed by atoms with Crippen molar-refractivity contribution < 1.29 is 24.2 Å². The van der Waals surface area contributed by atoms with E-state index in [1.807, 2.05) is 60.7 Å². The molecule has 7 heteroatoms. The van der Waals surface area contributed by atoms with Crippen LogP contribution in [-0.4, -0.2) is 47.8 Å². The van der Waals surface area contributed by atoms with Crippen molar-refractivity contribution in [2.75, 3.05) is 19.7 Å². The van der Waals surface area contributed by atoms with Crippen molar-refractivity contribution in [1.29, 1.82) is 0 Å². The molecule has 1 unspecified atom stereocenters. The van der Waals surface area contributed by atoms with Gasteiger partial charge in [-0.05, 0) is 24.0 Å². The van der Waals surface area contributed by atoms with E-state index in [1.165, 1.54) is 4.90 Å². The van der Waals surface area contributed by atoms with Crippen molar-refractivity contribution in [2.24, 2.45) is 5.73 Å². The molecule has 2 aromatic rings. The molecule has 0 radical (unpaired) electrons. The van der Waals surface area contributed by atoms with Crippen molar-refractivity contribution in [3.05, 3.63) is 71.8 Å². The Bertz CT molecular complexity index is 739. The van der Waals surface area contributed by atoms with Gasteiger partial charge in [-0.15, -0.1) is 0 Å². The van der Waals surface area contributed by atoms with E-state index in [9.17, 15) is 9.59 Å². The summed E-state index contributed by atoms with van der Waals surface area (Å²) in [6.45, 7) is 0.806. The molecule has 0 saturated heterocycles. The summed E-state index contributed by atoms with van der Waals surface area (Å²) in [5, 5.41) is 9.07. The van der Waals surface area contributed by atoms with Gasteiger partial charge >= 0.3 is 12.1 Å². The van der Waals surface area contributed by atoms with Crippen molar-refractivity contribution in [3.8, 4) is 0 Å². The van der Waals surface area contributed by atoms with E-state index in [0.717, 1.165) is 11.1 Å². The van der Waals surface area contributed by atoms with Crippen LogP contribution in [0.1, 0.15) is 24.0 Å². The first-order valence-corrected chi connectivity index (χ1v) is 9.62. The summed E-state index contributed by atoms with van der Waals surface area (Å²) in [6.07, 6.45) is 0.139. The quantitative estimate of drug-likeness (QED) is 0.562. The second-order valence-corrected chi connectivity index (χ2v) is 6.59. The number of nitrogens with zero attached hydrogens (tertiary/aromatic N) is 1. The number of esters is 1. The number of aliphatic hydroxyl groups excluding tert-OH is 1. The molecular weight excluding hydrogens is 372 g/mol. The van der Waals surface area contributed by atoms with Crippen LogP contribution in [0, 0.1) is 0 Å². The number of hydrogen-bond acceptors (Lipinski definition) is 6. The Morgan fingerprint density at radius 1 is 0.897 bits per heavy atom. The van der Waals surface area contributed by atoms with Gasteiger partial charge in [0, 0.05) is 19.7 Å². The second-order valence-electron chi connectivity index (χ2n) is 6.59. The van der Waals surface area contributed by atoms with Gasteiger partial charge < -0.3 is 25.2 Å². The van der Waals surface area contributed by atoms with Crippen LogP contribution in [0.15, 0.2) is 60.7 Å². The summed E-state index contributed by atoms with van der Waals surface area (Å²) in [5.74, 6) is -0.520. The highest BCUT2D eigenvalue weighted by Gasteiger charge is 2.20. The predicted octanol–water partition coefficient (Wildman–Crippen LogP) is 2.47. The normalized spacial score (nSPS) is 11.5. The van der Waals surface area contributed by atoms with E-state index in [4.69, 9.17) is 20.3 Å². The summed E-state index contributed by atoms with van der Waals surface area (Å²) >= 11 is 0. The average Bonchev–Trinajstić information content (AvgIpc) is 2.77. The maximum absolute atomic E-state index is 12.4. The number of carbonyl (C=O) groups excluding carboxylic acids is 2. The highest BCUT2D eigenvalue weighted by Crippen LogP contribution is 2.07. The van der Waals surface area contributed by atoms with E-state index in [-0.39, 0.29) is 32.8 Å². The standard InChI is InChI=1S/C22H28N2O5/c23-20(21(26)28-16-18-8-3-1-4-9-18)12-14-24(13-7-15-25)22(27)29-17-19-10-5-2-6-11-19/h1-6,8-11,20,25H,7,12-17,23H2. The fourth-order valence-electron chi connectivity index (χ4n) is 2.62. The first-order chi connectivity index (χ1) is 14.1. The van der Waals surface area contributed by atoms with Gasteiger partial charge in [-0.3, -0.25) is 4.79 Å². The summed E-state index contributed by atoms with van der Waals surface area (Å²) in [4.78, 5) is 25.9. The monoisotopic (exact) mass is 400 g/mol. The SMILES string of the molecule is NC(CCN(CCCO)C(=O)OCc1ccccc1)C(=O)OCc1ccccc1.